The van der Waals surface area contributed by atoms with Crippen molar-refractivity contribution in [1.29, 1.82) is 0 Å². The van der Waals surface area contributed by atoms with E-state index >= 15 is 0 Å². The Kier molecular flexibility index (Phi) is 14.4. The molecule has 3 aromatic carbocycles. The fraction of sp³-hybridized carbons (Fsp3) is 0.182. The van der Waals surface area contributed by atoms with Crippen LogP contribution in [0.4, 0.5) is 28.4 Å². The molecule has 0 spiro atoms. The predicted molar refractivity (Wildman–Crippen MR) is 139 cm³/mol. The van der Waals surface area contributed by atoms with Gasteiger partial charge in [0.2, 0.25) is 0 Å². The van der Waals surface area contributed by atoms with Crippen LogP contribution in [0, 0.1) is 6.92 Å². The second-order valence-corrected chi connectivity index (χ2v) is 12.4. The summed E-state index contributed by atoms with van der Waals surface area (Å²) in [5.41, 5.74) is 6.78. The van der Waals surface area contributed by atoms with Crippen LogP contribution < -0.4 is 69.6 Å². The summed E-state index contributed by atoms with van der Waals surface area (Å²) in [6.45, 7) is 1.53. The molecule has 0 aliphatic carbocycles. The second-order valence-electron chi connectivity index (χ2n) is 8.12. The van der Waals surface area contributed by atoms with Crippen LogP contribution in [-0.4, -0.2) is 51.3 Å². The Morgan fingerprint density at radius 2 is 1.38 bits per heavy atom. The first-order valence-electron chi connectivity index (χ1n) is 11.0. The van der Waals surface area contributed by atoms with E-state index in [1.165, 1.54) is 36.4 Å². The summed E-state index contributed by atoms with van der Waals surface area (Å²) in [5, 5.41) is 15.6. The molecule has 0 atom stereocenters. The van der Waals surface area contributed by atoms with E-state index in [0.717, 1.165) is 18.2 Å². The topological polar surface area (TPSA) is 253 Å². The maximum absolute atomic E-state index is 12.0. The average Bonchev–Trinajstić information content (AvgIpc) is 2.84. The first-order chi connectivity index (χ1) is 18.5. The van der Waals surface area contributed by atoms with Crippen molar-refractivity contribution in [1.82, 2.24) is 0 Å². The minimum atomic E-state index is -4.79. The summed E-state index contributed by atoms with van der Waals surface area (Å²) in [4.78, 5) is -1.09. The van der Waals surface area contributed by atoms with E-state index in [2.05, 4.69) is 20.5 Å². The Balaban J connectivity index is 0.00000441. The molecular formula is C22H21N5Na2O10S3. The van der Waals surface area contributed by atoms with Crippen molar-refractivity contribution in [2.75, 3.05) is 18.1 Å². The van der Waals surface area contributed by atoms with Crippen LogP contribution in [-0.2, 0) is 30.4 Å². The monoisotopic (exact) mass is 657 g/mol. The van der Waals surface area contributed by atoms with Crippen LogP contribution in [0.25, 0.3) is 0 Å². The number of hydrogen-bond acceptors (Lipinski definition) is 14. The Labute approximate surface area is 286 Å². The summed E-state index contributed by atoms with van der Waals surface area (Å²) in [6.07, 6.45) is -0.0647. The Morgan fingerprint density at radius 1 is 0.810 bits per heavy atom. The van der Waals surface area contributed by atoms with Crippen molar-refractivity contribution in [3.63, 3.8) is 0 Å². The van der Waals surface area contributed by atoms with Crippen molar-refractivity contribution in [2.24, 2.45) is 20.5 Å². The molecule has 0 aromatic heterocycles. The van der Waals surface area contributed by atoms with Gasteiger partial charge in [0.05, 0.1) is 44.4 Å². The fourth-order valence-electron chi connectivity index (χ4n) is 3.11. The van der Waals surface area contributed by atoms with Gasteiger partial charge in [0.15, 0.2) is 0 Å². The molecule has 3 N–H and O–H groups in total. The largest absolute Gasteiger partial charge is 1.00 e. The van der Waals surface area contributed by atoms with Gasteiger partial charge >= 0.3 is 59.1 Å². The third kappa shape index (κ3) is 11.7. The molecule has 3 aromatic rings. The third-order valence-corrected chi connectivity index (χ3v) is 7.54. The number of nitrogens with two attached hydrogens (primary N) is 1. The van der Waals surface area contributed by atoms with Crippen molar-refractivity contribution in [3.05, 3.63) is 60.2 Å². The Morgan fingerprint density at radius 3 is 1.95 bits per heavy atom. The first kappa shape index (κ1) is 38.2. The summed E-state index contributed by atoms with van der Waals surface area (Å²) < 4.78 is 104. The Hall–Kier alpha value is -1.81. The molecule has 42 heavy (non-hydrogen) atoms. The number of azo groups is 2. The van der Waals surface area contributed by atoms with E-state index in [0.29, 0.717) is 5.56 Å². The molecule has 0 aliphatic heterocycles. The number of rotatable bonds is 11. The van der Waals surface area contributed by atoms with Gasteiger partial charge in [0, 0.05) is 11.8 Å². The minimum Gasteiger partial charge on any atom is -0.748 e. The molecular weight excluding hydrogens is 636 g/mol. The van der Waals surface area contributed by atoms with Crippen LogP contribution in [0.5, 0.6) is 5.75 Å². The van der Waals surface area contributed by atoms with E-state index in [1.54, 1.807) is 6.92 Å². The molecule has 0 bridgehead atoms. The van der Waals surface area contributed by atoms with Crippen LogP contribution in [0.3, 0.4) is 0 Å². The van der Waals surface area contributed by atoms with E-state index in [1.807, 2.05) is 0 Å². The Bertz CT molecular complexity index is 1800. The third-order valence-electron chi connectivity index (χ3n) is 5.02. The van der Waals surface area contributed by atoms with Gasteiger partial charge in [-0.1, -0.05) is 0 Å². The zero-order valence-corrected chi connectivity index (χ0v) is 29.0. The number of benzene rings is 3. The molecule has 0 unspecified atom stereocenters. The number of nitrogens with zero attached hydrogens (tertiary/aromatic N) is 4. The molecule has 0 amide bonds. The van der Waals surface area contributed by atoms with Gasteiger partial charge in [-0.05, 0) is 67.4 Å². The van der Waals surface area contributed by atoms with Crippen LogP contribution in [0.1, 0.15) is 12.0 Å². The smallest absolute Gasteiger partial charge is 0.748 e. The molecule has 214 valence electrons. The van der Waals surface area contributed by atoms with E-state index in [-0.39, 0.29) is 106 Å². The van der Waals surface area contributed by atoms with Gasteiger partial charge in [0.1, 0.15) is 26.5 Å². The van der Waals surface area contributed by atoms with Crippen molar-refractivity contribution in [2.45, 2.75) is 23.1 Å². The van der Waals surface area contributed by atoms with E-state index in [9.17, 15) is 38.9 Å². The molecule has 15 nitrogen and oxygen atoms in total. The molecule has 3 rings (SSSR count). The van der Waals surface area contributed by atoms with Gasteiger partial charge in [-0.25, -0.2) is 16.8 Å². The summed E-state index contributed by atoms with van der Waals surface area (Å²) >= 11 is 0. The van der Waals surface area contributed by atoms with E-state index in [4.69, 9.17) is 10.5 Å². The van der Waals surface area contributed by atoms with Gasteiger partial charge in [-0.2, -0.15) is 23.8 Å². The van der Waals surface area contributed by atoms with E-state index < -0.39 is 45.9 Å². The normalized spacial score (nSPS) is 12.2. The summed E-state index contributed by atoms with van der Waals surface area (Å²) in [7, 11) is -13.8. The number of ether oxygens (including phenoxy) is 1. The van der Waals surface area contributed by atoms with Gasteiger partial charge < -0.3 is 19.6 Å². The first-order valence-corrected chi connectivity index (χ1v) is 15.4. The van der Waals surface area contributed by atoms with Crippen molar-refractivity contribution >= 4 is 58.8 Å². The molecule has 20 heteroatoms. The minimum absolute atomic E-state index is 0. The number of hydrogen-bond donors (Lipinski definition) is 2. The molecule has 0 saturated carbocycles. The van der Waals surface area contributed by atoms with Gasteiger partial charge in [0.25, 0.3) is 10.1 Å². The van der Waals surface area contributed by atoms with Crippen molar-refractivity contribution in [3.8, 4) is 5.75 Å². The number of nitrogen functional groups attached to an aromatic ring is 1. The zero-order valence-electron chi connectivity index (χ0n) is 22.5. The maximum Gasteiger partial charge on any atom is 1.00 e. The molecule has 0 heterocycles. The quantitative estimate of drug-likeness (QED) is 0.0741. The average molecular weight is 658 g/mol. The number of aryl methyl sites for hydroxylation is 1. The molecule has 0 aliphatic rings. The maximum atomic E-state index is 12.0. The van der Waals surface area contributed by atoms with Gasteiger partial charge in [-0.15, -0.1) is 5.11 Å². The fourth-order valence-corrected chi connectivity index (χ4v) is 4.69. The SMILES string of the molecule is Cc1cc(N)c(OCCCS(=O)(=O)[O-])cc1N=Nc1ccc(N=Nc2ccc(S(=O)(=O)[O-])cc2)cc1S(=O)(=O)O.[Na+].[Na+]. The molecule has 0 radical (unpaired) electrons. The summed E-state index contributed by atoms with van der Waals surface area (Å²) in [5.74, 6) is -0.480. The van der Waals surface area contributed by atoms with Crippen LogP contribution >= 0.6 is 0 Å². The van der Waals surface area contributed by atoms with Crippen LogP contribution in [0.15, 0.2) is 84.8 Å². The second kappa shape index (κ2) is 15.8. The zero-order chi connectivity index (χ0) is 29.7. The summed E-state index contributed by atoms with van der Waals surface area (Å²) in [6, 6.07) is 10.9. The molecule has 0 fully saturated rings. The van der Waals surface area contributed by atoms with Crippen molar-refractivity contribution < 1.29 is 103 Å². The van der Waals surface area contributed by atoms with Gasteiger partial charge in [-0.3, -0.25) is 4.55 Å². The predicted octanol–water partition coefficient (Wildman–Crippen LogP) is -2.12. The van der Waals surface area contributed by atoms with Crippen LogP contribution in [0.2, 0.25) is 0 Å². The number of anilines is 1. The molecule has 0 saturated heterocycles. The standard InChI is InChI=1S/C22H23N5O10S3.2Na/c1-14-11-18(23)21(37-9-2-10-38(28,29)30)13-20(14)27-26-19-8-5-16(12-22(19)40(34,35)36)25-24-15-3-6-17(7-4-15)39(31,32)33;;/h3-8,11-13H,2,9-10,23H2,1H3,(H,28,29,30)(H,31,32,33)(H,34,35,36);;/q;2*+1/p-2.